The highest BCUT2D eigenvalue weighted by atomic mass is 32.2. The summed E-state index contributed by atoms with van der Waals surface area (Å²) in [5.74, 6) is -3.55. The van der Waals surface area contributed by atoms with E-state index < -0.39 is 38.1 Å². The molecule has 0 bridgehead atoms. The lowest BCUT2D eigenvalue weighted by molar-refractivity contribution is 0.521. The van der Waals surface area contributed by atoms with Crippen LogP contribution in [0.5, 0.6) is 0 Å². The van der Waals surface area contributed by atoms with Gasteiger partial charge < -0.3 is 5.73 Å². The van der Waals surface area contributed by atoms with Crippen LogP contribution in [0.15, 0.2) is 53.6 Å². The van der Waals surface area contributed by atoms with Gasteiger partial charge in [-0.15, -0.1) is 11.3 Å². The Labute approximate surface area is 184 Å². The Kier molecular flexibility index (Phi) is 5.57. The fourth-order valence-electron chi connectivity index (χ4n) is 3.01. The molecule has 0 fully saturated rings. The SMILES string of the molecule is Cc1nc(-c2cccc(NS(=O)(=O)c3c(F)cccc3F)c2F)c(-c2ccnc(N)n2)s1. The monoisotopic (exact) mass is 477 g/mol. The van der Waals surface area contributed by atoms with Crippen LogP contribution in [0.4, 0.5) is 24.8 Å². The van der Waals surface area contributed by atoms with Crippen molar-refractivity contribution >= 4 is 33.0 Å². The van der Waals surface area contributed by atoms with Gasteiger partial charge in [0.05, 0.1) is 27.0 Å². The predicted molar refractivity (Wildman–Crippen MR) is 115 cm³/mol. The van der Waals surface area contributed by atoms with Gasteiger partial charge >= 0.3 is 0 Å². The third-order valence-corrected chi connectivity index (χ3v) is 6.74. The van der Waals surface area contributed by atoms with Crippen LogP contribution in [0.25, 0.3) is 21.8 Å². The summed E-state index contributed by atoms with van der Waals surface area (Å²) in [4.78, 5) is 11.6. The molecule has 4 aromatic rings. The van der Waals surface area contributed by atoms with Crippen LogP contribution in [0.1, 0.15) is 5.01 Å². The fraction of sp³-hybridized carbons (Fsp3) is 0.0500. The Hall–Kier alpha value is -3.51. The maximum absolute atomic E-state index is 15.4. The Balaban J connectivity index is 1.80. The summed E-state index contributed by atoms with van der Waals surface area (Å²) in [5.41, 5.74) is 5.74. The zero-order valence-corrected chi connectivity index (χ0v) is 17.9. The van der Waals surface area contributed by atoms with E-state index >= 15 is 4.39 Å². The number of aromatic nitrogens is 3. The number of aryl methyl sites for hydroxylation is 1. The van der Waals surface area contributed by atoms with Gasteiger partial charge in [-0.3, -0.25) is 4.72 Å². The molecule has 7 nitrogen and oxygen atoms in total. The highest BCUT2D eigenvalue weighted by Crippen LogP contribution is 2.38. The second-order valence-corrected chi connectivity index (χ2v) is 9.36. The average molecular weight is 477 g/mol. The van der Waals surface area contributed by atoms with Gasteiger partial charge in [0, 0.05) is 11.8 Å². The maximum atomic E-state index is 15.4. The lowest BCUT2D eigenvalue weighted by Crippen LogP contribution is -2.17. The highest BCUT2D eigenvalue weighted by Gasteiger charge is 2.26. The van der Waals surface area contributed by atoms with E-state index in [0.29, 0.717) is 15.6 Å². The molecule has 0 aliphatic heterocycles. The van der Waals surface area contributed by atoms with Gasteiger partial charge in [-0.1, -0.05) is 12.1 Å². The summed E-state index contributed by atoms with van der Waals surface area (Å²) in [5, 5.41) is 0.603. The second-order valence-electron chi connectivity index (χ2n) is 6.53. The summed E-state index contributed by atoms with van der Waals surface area (Å²) < 4.78 is 70.4. The van der Waals surface area contributed by atoms with Crippen LogP contribution in [-0.2, 0) is 10.0 Å². The molecule has 32 heavy (non-hydrogen) atoms. The number of anilines is 2. The standard InChI is InChI=1S/C20H14F3N5O2S2/c1-10-26-17(18(31-10)15-8-9-25-20(24)27-15)11-4-2-7-14(16(11)23)28-32(29,30)19-12(21)5-3-6-13(19)22/h2-9,28H,1H3,(H2,24,25,27). The minimum Gasteiger partial charge on any atom is -0.368 e. The van der Waals surface area contributed by atoms with Crippen LogP contribution in [0.3, 0.4) is 0 Å². The number of hydrogen-bond acceptors (Lipinski definition) is 7. The molecule has 0 saturated carbocycles. The first-order valence-corrected chi connectivity index (χ1v) is 11.3. The predicted octanol–water partition coefficient (Wildman–Crippen LogP) is 4.38. The molecule has 164 valence electrons. The molecule has 0 spiro atoms. The number of halogens is 3. The average Bonchev–Trinajstić information content (AvgIpc) is 3.10. The van der Waals surface area contributed by atoms with Crippen molar-refractivity contribution in [3.8, 4) is 21.8 Å². The number of nitrogens with one attached hydrogen (secondary N) is 1. The number of benzene rings is 2. The largest absolute Gasteiger partial charge is 0.368 e. The number of sulfonamides is 1. The van der Waals surface area contributed by atoms with Crippen LogP contribution in [0, 0.1) is 24.4 Å². The van der Waals surface area contributed by atoms with Gasteiger partial charge in [-0.2, -0.15) is 0 Å². The number of nitrogens with zero attached hydrogens (tertiary/aromatic N) is 3. The zero-order valence-electron chi connectivity index (χ0n) is 16.3. The van der Waals surface area contributed by atoms with E-state index in [0.717, 1.165) is 24.3 Å². The molecule has 0 atom stereocenters. The summed E-state index contributed by atoms with van der Waals surface area (Å²) in [6.07, 6.45) is 1.44. The number of rotatable bonds is 5. The van der Waals surface area contributed by atoms with Crippen molar-refractivity contribution in [2.45, 2.75) is 11.8 Å². The lowest BCUT2D eigenvalue weighted by Gasteiger charge is -2.12. The van der Waals surface area contributed by atoms with Crippen molar-refractivity contribution in [3.63, 3.8) is 0 Å². The van der Waals surface area contributed by atoms with Crippen LogP contribution in [-0.4, -0.2) is 23.4 Å². The van der Waals surface area contributed by atoms with E-state index in [1.54, 1.807) is 13.0 Å². The second kappa shape index (κ2) is 8.20. The van der Waals surface area contributed by atoms with Gasteiger partial charge in [0.25, 0.3) is 10.0 Å². The van der Waals surface area contributed by atoms with E-state index in [4.69, 9.17) is 5.73 Å². The van der Waals surface area contributed by atoms with Gasteiger partial charge in [-0.05, 0) is 37.3 Å². The first-order chi connectivity index (χ1) is 15.2. The molecular weight excluding hydrogens is 463 g/mol. The number of nitrogens with two attached hydrogens (primary N) is 1. The first-order valence-electron chi connectivity index (χ1n) is 8.99. The van der Waals surface area contributed by atoms with Crippen LogP contribution >= 0.6 is 11.3 Å². The molecule has 0 amide bonds. The molecule has 0 saturated heterocycles. The molecule has 0 aliphatic rings. The summed E-state index contributed by atoms with van der Waals surface area (Å²) >= 11 is 1.24. The third kappa shape index (κ3) is 4.01. The third-order valence-electron chi connectivity index (χ3n) is 4.33. The van der Waals surface area contributed by atoms with E-state index in [-0.39, 0.29) is 17.2 Å². The molecule has 3 N–H and O–H groups in total. The van der Waals surface area contributed by atoms with E-state index in [9.17, 15) is 17.2 Å². The number of nitrogen functional groups attached to an aromatic ring is 1. The normalized spacial score (nSPS) is 11.5. The van der Waals surface area contributed by atoms with Crippen LogP contribution < -0.4 is 10.5 Å². The van der Waals surface area contributed by atoms with Crippen molar-refractivity contribution in [1.29, 1.82) is 0 Å². The molecule has 4 rings (SSSR count). The highest BCUT2D eigenvalue weighted by molar-refractivity contribution is 7.92. The van der Waals surface area contributed by atoms with Gasteiger partial charge in [0.15, 0.2) is 10.7 Å². The van der Waals surface area contributed by atoms with Crippen LogP contribution in [0.2, 0.25) is 0 Å². The molecule has 2 aromatic heterocycles. The minimum absolute atomic E-state index is 0.0217. The topological polar surface area (TPSA) is 111 Å². The van der Waals surface area contributed by atoms with Gasteiger partial charge in [0.1, 0.15) is 11.6 Å². The molecular formula is C20H14F3N5O2S2. The Morgan fingerprint density at radius 2 is 1.69 bits per heavy atom. The Morgan fingerprint density at radius 3 is 2.38 bits per heavy atom. The molecule has 0 unspecified atom stereocenters. The maximum Gasteiger partial charge on any atom is 0.267 e. The van der Waals surface area contributed by atoms with E-state index in [2.05, 4.69) is 15.0 Å². The molecule has 2 heterocycles. The summed E-state index contributed by atoms with van der Waals surface area (Å²) in [6, 6.07) is 8.12. The van der Waals surface area contributed by atoms with Crippen molar-refractivity contribution in [2.24, 2.45) is 0 Å². The summed E-state index contributed by atoms with van der Waals surface area (Å²) in [6.45, 7) is 1.72. The number of hydrogen-bond donors (Lipinski definition) is 2. The Morgan fingerprint density at radius 1 is 1.00 bits per heavy atom. The molecule has 0 radical (unpaired) electrons. The van der Waals surface area contributed by atoms with Crippen molar-refractivity contribution < 1.29 is 21.6 Å². The first kappa shape index (κ1) is 21.7. The quantitative estimate of drug-likeness (QED) is 0.442. The molecule has 12 heteroatoms. The molecule has 0 aliphatic carbocycles. The lowest BCUT2D eigenvalue weighted by atomic mass is 10.1. The smallest absolute Gasteiger partial charge is 0.267 e. The zero-order chi connectivity index (χ0) is 23.0. The Bertz CT molecular complexity index is 1420. The van der Waals surface area contributed by atoms with E-state index in [1.807, 2.05) is 4.72 Å². The number of thiazole rings is 1. The molecule has 2 aromatic carbocycles. The fourth-order valence-corrected chi connectivity index (χ4v) is 5.11. The minimum atomic E-state index is -4.75. The van der Waals surface area contributed by atoms with Crippen molar-refractivity contribution in [3.05, 3.63) is 71.1 Å². The van der Waals surface area contributed by atoms with Gasteiger partial charge in [0.2, 0.25) is 5.95 Å². The van der Waals surface area contributed by atoms with Crippen molar-refractivity contribution in [1.82, 2.24) is 15.0 Å². The summed E-state index contributed by atoms with van der Waals surface area (Å²) in [7, 11) is -4.75. The van der Waals surface area contributed by atoms with Crippen molar-refractivity contribution in [2.75, 3.05) is 10.5 Å². The van der Waals surface area contributed by atoms with E-state index in [1.165, 1.54) is 29.7 Å². The van der Waals surface area contributed by atoms with Gasteiger partial charge in [-0.25, -0.2) is 36.5 Å².